The fraction of sp³-hybridized carbons (Fsp3) is 0.176. The van der Waals surface area contributed by atoms with Gasteiger partial charge in [-0.25, -0.2) is 5.43 Å². The van der Waals surface area contributed by atoms with Crippen LogP contribution in [0.4, 0.5) is 5.69 Å². The van der Waals surface area contributed by atoms with Crippen LogP contribution in [0.2, 0.25) is 5.02 Å². The maximum absolute atomic E-state index is 11.5. The fourth-order valence-electron chi connectivity index (χ4n) is 2.78. The maximum atomic E-state index is 11.5. The first-order valence-corrected chi connectivity index (χ1v) is 9.67. The predicted molar refractivity (Wildman–Crippen MR) is 97.0 cm³/mol. The van der Waals surface area contributed by atoms with E-state index in [1.54, 1.807) is 41.6 Å². The van der Waals surface area contributed by atoms with E-state index in [0.717, 1.165) is 11.3 Å². The number of rotatable bonds is 5. The normalized spacial score (nSPS) is 21.5. The molecule has 8 heteroatoms. The van der Waals surface area contributed by atoms with Crippen LogP contribution in [0, 0.1) is 0 Å². The second kappa shape index (κ2) is 6.92. The van der Waals surface area contributed by atoms with Crippen molar-refractivity contribution in [3.63, 3.8) is 0 Å². The number of hydrogen-bond donors (Lipinski definition) is 4. The van der Waals surface area contributed by atoms with Gasteiger partial charge in [-0.05, 0) is 35.9 Å². The van der Waals surface area contributed by atoms with Gasteiger partial charge >= 0.3 is 7.60 Å². The SMILES string of the molecule is O=P(O)(O)C(O)CC1(c2ccc(Cl)cc2)C=CN(c2ccccc2)N1. The molecular weight excluding hydrogens is 363 g/mol. The molecule has 2 aromatic carbocycles. The van der Waals surface area contributed by atoms with Crippen LogP contribution in [-0.2, 0) is 10.1 Å². The number of nitrogens with one attached hydrogen (secondary N) is 1. The van der Waals surface area contributed by atoms with E-state index < -0.39 is 19.0 Å². The van der Waals surface area contributed by atoms with Crippen LogP contribution < -0.4 is 10.4 Å². The molecule has 1 heterocycles. The Kier molecular flexibility index (Phi) is 5.02. The van der Waals surface area contributed by atoms with Gasteiger partial charge in [0.2, 0.25) is 0 Å². The Balaban J connectivity index is 1.95. The quantitative estimate of drug-likeness (QED) is 0.596. The van der Waals surface area contributed by atoms with E-state index in [0.29, 0.717) is 5.02 Å². The number of anilines is 1. The van der Waals surface area contributed by atoms with Gasteiger partial charge in [0.15, 0.2) is 5.85 Å². The van der Waals surface area contributed by atoms with Gasteiger partial charge in [0, 0.05) is 17.6 Å². The van der Waals surface area contributed by atoms with Crippen LogP contribution in [0.1, 0.15) is 12.0 Å². The lowest BCUT2D eigenvalue weighted by atomic mass is 9.88. The Morgan fingerprint density at radius 2 is 1.76 bits per heavy atom. The van der Waals surface area contributed by atoms with Gasteiger partial charge in [-0.15, -0.1) is 0 Å². The average molecular weight is 381 g/mol. The third-order valence-corrected chi connectivity index (χ3v) is 5.33. The van der Waals surface area contributed by atoms with Gasteiger partial charge in [-0.3, -0.25) is 9.57 Å². The predicted octanol–water partition coefficient (Wildman–Crippen LogP) is 2.96. The molecule has 132 valence electrons. The summed E-state index contributed by atoms with van der Waals surface area (Å²) in [5.74, 6) is -1.80. The number of aliphatic hydroxyl groups excluding tert-OH is 1. The molecule has 6 nitrogen and oxygen atoms in total. The van der Waals surface area contributed by atoms with Crippen LogP contribution in [0.15, 0.2) is 66.9 Å². The first-order valence-electron chi connectivity index (χ1n) is 7.61. The first-order chi connectivity index (χ1) is 11.8. The zero-order chi connectivity index (χ0) is 18.1. The largest absolute Gasteiger partial charge is 0.380 e. The molecule has 0 saturated heterocycles. The topological polar surface area (TPSA) is 93.0 Å². The number of benzene rings is 2. The molecule has 2 atom stereocenters. The van der Waals surface area contributed by atoms with E-state index in [-0.39, 0.29) is 6.42 Å². The van der Waals surface area contributed by atoms with Crippen LogP contribution in [0.25, 0.3) is 0 Å². The summed E-state index contributed by atoms with van der Waals surface area (Å²) in [5, 5.41) is 12.3. The molecule has 0 fully saturated rings. The summed E-state index contributed by atoms with van der Waals surface area (Å²) >= 11 is 5.94. The van der Waals surface area contributed by atoms with Crippen molar-refractivity contribution in [3.8, 4) is 0 Å². The highest BCUT2D eigenvalue weighted by Gasteiger charge is 2.41. The molecule has 0 radical (unpaired) electrons. The van der Waals surface area contributed by atoms with Gasteiger partial charge in [0.1, 0.15) is 0 Å². The van der Waals surface area contributed by atoms with E-state index in [4.69, 9.17) is 11.6 Å². The van der Waals surface area contributed by atoms with Crippen molar-refractivity contribution in [2.75, 3.05) is 5.01 Å². The second-order valence-electron chi connectivity index (χ2n) is 5.89. The van der Waals surface area contributed by atoms with E-state index in [1.807, 2.05) is 30.3 Å². The molecule has 0 amide bonds. The standard InChI is InChI=1S/C17H18ClN2O4P/c18-14-8-6-13(7-9-14)17(12-16(21)25(22,23)24)10-11-20(19-17)15-4-2-1-3-5-15/h1-11,16,19,21H,12H2,(H2,22,23,24). The fourth-order valence-corrected chi connectivity index (χ4v) is 3.43. The molecule has 25 heavy (non-hydrogen) atoms. The minimum atomic E-state index is -4.64. The summed E-state index contributed by atoms with van der Waals surface area (Å²) in [5.41, 5.74) is 3.86. The molecule has 0 bridgehead atoms. The lowest BCUT2D eigenvalue weighted by molar-refractivity contribution is 0.165. The Labute approximate surface area is 150 Å². The van der Waals surface area contributed by atoms with Gasteiger partial charge in [0.05, 0.1) is 11.2 Å². The van der Waals surface area contributed by atoms with Crippen LogP contribution >= 0.6 is 19.2 Å². The van der Waals surface area contributed by atoms with Crippen molar-refractivity contribution in [3.05, 3.63) is 77.5 Å². The van der Waals surface area contributed by atoms with Gasteiger partial charge < -0.3 is 14.9 Å². The van der Waals surface area contributed by atoms with Crippen molar-refractivity contribution in [2.45, 2.75) is 17.8 Å². The maximum Gasteiger partial charge on any atom is 0.353 e. The van der Waals surface area contributed by atoms with Crippen LogP contribution in [0.5, 0.6) is 0 Å². The van der Waals surface area contributed by atoms with Crippen molar-refractivity contribution in [1.29, 1.82) is 0 Å². The Morgan fingerprint density at radius 3 is 2.36 bits per heavy atom. The number of hydrazine groups is 1. The summed E-state index contributed by atoms with van der Waals surface area (Å²) in [7, 11) is -4.64. The third kappa shape index (κ3) is 3.96. The molecule has 1 aliphatic rings. The first kappa shape index (κ1) is 18.1. The van der Waals surface area contributed by atoms with Crippen molar-refractivity contribution >= 4 is 24.9 Å². The monoisotopic (exact) mass is 380 g/mol. The number of hydrogen-bond acceptors (Lipinski definition) is 4. The minimum Gasteiger partial charge on any atom is -0.380 e. The van der Waals surface area contributed by atoms with Crippen molar-refractivity contribution in [2.24, 2.45) is 0 Å². The van der Waals surface area contributed by atoms with Gasteiger partial charge in [0.25, 0.3) is 0 Å². The smallest absolute Gasteiger partial charge is 0.353 e. The van der Waals surface area contributed by atoms with Crippen molar-refractivity contribution < 1.29 is 19.5 Å². The highest BCUT2D eigenvalue weighted by atomic mass is 35.5. The summed E-state index contributed by atoms with van der Waals surface area (Å²) in [6.07, 6.45) is 3.36. The van der Waals surface area contributed by atoms with E-state index in [1.165, 1.54) is 0 Å². The van der Waals surface area contributed by atoms with Gasteiger partial charge in [-0.2, -0.15) is 0 Å². The zero-order valence-corrected chi connectivity index (χ0v) is 14.8. The van der Waals surface area contributed by atoms with Crippen LogP contribution in [0.3, 0.4) is 0 Å². The number of aliphatic hydroxyl groups is 1. The Hall–Kier alpha value is -1.66. The van der Waals surface area contributed by atoms with Crippen molar-refractivity contribution in [1.82, 2.24) is 5.43 Å². The van der Waals surface area contributed by atoms with E-state index in [9.17, 15) is 19.5 Å². The summed E-state index contributed by atoms with van der Waals surface area (Å²) in [4.78, 5) is 18.6. The van der Waals surface area contributed by atoms with E-state index >= 15 is 0 Å². The Bertz CT molecular complexity index is 809. The molecule has 2 aromatic rings. The molecular formula is C17H18ClN2O4P. The minimum absolute atomic E-state index is 0.196. The molecule has 4 N–H and O–H groups in total. The lowest BCUT2D eigenvalue weighted by Gasteiger charge is -2.33. The highest BCUT2D eigenvalue weighted by Crippen LogP contribution is 2.46. The summed E-state index contributed by atoms with van der Waals surface area (Å²) < 4.78 is 11.5. The summed E-state index contributed by atoms with van der Waals surface area (Å²) in [6.45, 7) is 0. The number of halogens is 1. The van der Waals surface area contributed by atoms with E-state index in [2.05, 4.69) is 5.43 Å². The Morgan fingerprint density at radius 1 is 1.12 bits per heavy atom. The molecule has 0 aromatic heterocycles. The zero-order valence-electron chi connectivity index (χ0n) is 13.2. The third-order valence-electron chi connectivity index (χ3n) is 4.11. The molecule has 0 spiro atoms. The summed E-state index contributed by atoms with van der Waals surface area (Å²) in [6, 6.07) is 16.4. The molecule has 0 saturated carbocycles. The lowest BCUT2D eigenvalue weighted by Crippen LogP contribution is -2.46. The van der Waals surface area contributed by atoms with Gasteiger partial charge in [-0.1, -0.05) is 41.9 Å². The molecule has 0 aliphatic carbocycles. The molecule has 3 rings (SSSR count). The average Bonchev–Trinajstić information content (AvgIpc) is 3.01. The number of nitrogens with zero attached hydrogens (tertiary/aromatic N) is 1. The molecule has 1 aliphatic heterocycles. The number of para-hydroxylation sites is 1. The highest BCUT2D eigenvalue weighted by molar-refractivity contribution is 7.52. The second-order valence-corrected chi connectivity index (χ2v) is 8.10. The van der Waals surface area contributed by atoms with Crippen LogP contribution in [-0.4, -0.2) is 20.7 Å². The molecule has 2 unspecified atom stereocenters.